The predicted molar refractivity (Wildman–Crippen MR) is 55.2 cm³/mol. The Bertz CT molecular complexity index is 434. The van der Waals surface area contributed by atoms with Crippen molar-refractivity contribution in [2.75, 3.05) is 11.9 Å². The van der Waals surface area contributed by atoms with Crippen LogP contribution in [-0.2, 0) is 6.54 Å². The number of hydrogen-bond donors (Lipinski definition) is 1. The quantitative estimate of drug-likeness (QED) is 0.794. The first-order valence-corrected chi connectivity index (χ1v) is 4.76. The number of rotatable bonds is 3. The van der Waals surface area contributed by atoms with Gasteiger partial charge in [-0.25, -0.2) is 15.0 Å². The Morgan fingerprint density at radius 3 is 2.86 bits per heavy atom. The van der Waals surface area contributed by atoms with Gasteiger partial charge in [0.05, 0.1) is 6.33 Å². The van der Waals surface area contributed by atoms with Crippen molar-refractivity contribution in [3.05, 3.63) is 12.7 Å². The first-order valence-electron chi connectivity index (χ1n) is 4.76. The van der Waals surface area contributed by atoms with E-state index in [0.717, 1.165) is 30.1 Å². The zero-order chi connectivity index (χ0) is 9.97. The SMILES string of the molecule is CCNc1ncnc2c1ncn2CC. The molecule has 5 nitrogen and oxygen atoms in total. The van der Waals surface area contributed by atoms with Crippen molar-refractivity contribution in [3.8, 4) is 0 Å². The monoisotopic (exact) mass is 191 g/mol. The zero-order valence-corrected chi connectivity index (χ0v) is 8.36. The molecule has 0 spiro atoms. The Morgan fingerprint density at radius 2 is 2.14 bits per heavy atom. The molecule has 2 aromatic heterocycles. The van der Waals surface area contributed by atoms with E-state index in [1.54, 1.807) is 12.7 Å². The van der Waals surface area contributed by atoms with Crippen molar-refractivity contribution in [1.29, 1.82) is 0 Å². The second-order valence-corrected chi connectivity index (χ2v) is 2.96. The Balaban J connectivity index is 2.58. The van der Waals surface area contributed by atoms with Crippen LogP contribution in [0.2, 0.25) is 0 Å². The lowest BCUT2D eigenvalue weighted by molar-refractivity contribution is 0.777. The number of nitrogens with one attached hydrogen (secondary N) is 1. The summed E-state index contributed by atoms with van der Waals surface area (Å²) in [7, 11) is 0. The fourth-order valence-corrected chi connectivity index (χ4v) is 1.41. The van der Waals surface area contributed by atoms with Gasteiger partial charge in [0, 0.05) is 13.1 Å². The average Bonchev–Trinajstić information content (AvgIpc) is 2.62. The highest BCUT2D eigenvalue weighted by Gasteiger charge is 2.07. The van der Waals surface area contributed by atoms with Gasteiger partial charge in [0.1, 0.15) is 11.8 Å². The van der Waals surface area contributed by atoms with Crippen molar-refractivity contribution in [3.63, 3.8) is 0 Å². The van der Waals surface area contributed by atoms with Gasteiger partial charge in [-0.05, 0) is 13.8 Å². The van der Waals surface area contributed by atoms with Crippen LogP contribution in [0.3, 0.4) is 0 Å². The number of aromatic nitrogens is 4. The topological polar surface area (TPSA) is 55.6 Å². The van der Waals surface area contributed by atoms with Crippen molar-refractivity contribution in [2.45, 2.75) is 20.4 Å². The first kappa shape index (κ1) is 8.93. The maximum absolute atomic E-state index is 4.28. The van der Waals surface area contributed by atoms with E-state index in [1.807, 2.05) is 11.5 Å². The molecule has 0 aromatic carbocycles. The molecule has 0 radical (unpaired) electrons. The molecule has 74 valence electrons. The first-order chi connectivity index (χ1) is 6.86. The molecule has 0 atom stereocenters. The molecule has 0 aliphatic carbocycles. The molecule has 2 aromatic rings. The van der Waals surface area contributed by atoms with Gasteiger partial charge in [-0.1, -0.05) is 0 Å². The number of anilines is 1. The summed E-state index contributed by atoms with van der Waals surface area (Å²) in [5.41, 5.74) is 1.73. The van der Waals surface area contributed by atoms with Crippen molar-refractivity contribution in [2.24, 2.45) is 0 Å². The summed E-state index contributed by atoms with van der Waals surface area (Å²) in [6, 6.07) is 0. The van der Waals surface area contributed by atoms with Crippen LogP contribution in [0.1, 0.15) is 13.8 Å². The predicted octanol–water partition coefficient (Wildman–Crippen LogP) is 1.28. The van der Waals surface area contributed by atoms with E-state index in [1.165, 1.54) is 0 Å². The van der Waals surface area contributed by atoms with E-state index >= 15 is 0 Å². The third kappa shape index (κ3) is 1.30. The molecular formula is C9H13N5. The summed E-state index contributed by atoms with van der Waals surface area (Å²) in [6.45, 7) is 5.81. The molecule has 0 fully saturated rings. The molecule has 5 heteroatoms. The molecule has 2 heterocycles. The highest BCUT2D eigenvalue weighted by molar-refractivity contribution is 5.82. The second-order valence-electron chi connectivity index (χ2n) is 2.96. The summed E-state index contributed by atoms with van der Waals surface area (Å²) in [6.07, 6.45) is 3.36. The highest BCUT2D eigenvalue weighted by Crippen LogP contribution is 2.16. The maximum atomic E-state index is 4.28. The zero-order valence-electron chi connectivity index (χ0n) is 8.36. The lowest BCUT2D eigenvalue weighted by Crippen LogP contribution is -2.01. The van der Waals surface area contributed by atoms with E-state index in [0.29, 0.717) is 0 Å². The molecule has 0 unspecified atom stereocenters. The van der Waals surface area contributed by atoms with E-state index in [9.17, 15) is 0 Å². The van der Waals surface area contributed by atoms with Crippen LogP contribution in [0.5, 0.6) is 0 Å². The Labute approximate surface area is 82.2 Å². The molecule has 0 aliphatic heterocycles. The summed E-state index contributed by atoms with van der Waals surface area (Å²) >= 11 is 0. The van der Waals surface area contributed by atoms with E-state index in [4.69, 9.17) is 0 Å². The van der Waals surface area contributed by atoms with Crippen LogP contribution in [0.4, 0.5) is 5.82 Å². The summed E-state index contributed by atoms with van der Waals surface area (Å²) < 4.78 is 2.00. The van der Waals surface area contributed by atoms with Crippen LogP contribution in [0, 0.1) is 0 Å². The minimum absolute atomic E-state index is 0.810. The summed E-state index contributed by atoms with van der Waals surface area (Å²) in [5, 5.41) is 3.16. The third-order valence-electron chi connectivity index (χ3n) is 2.09. The van der Waals surface area contributed by atoms with Gasteiger partial charge in [-0.15, -0.1) is 0 Å². The van der Waals surface area contributed by atoms with E-state index in [2.05, 4.69) is 27.2 Å². The number of fused-ring (bicyclic) bond motifs is 1. The highest BCUT2D eigenvalue weighted by atomic mass is 15.1. The van der Waals surface area contributed by atoms with Crippen LogP contribution in [0.15, 0.2) is 12.7 Å². The van der Waals surface area contributed by atoms with Crippen molar-refractivity contribution in [1.82, 2.24) is 19.5 Å². The molecule has 0 saturated carbocycles. The normalized spacial score (nSPS) is 10.7. The van der Waals surface area contributed by atoms with Crippen LogP contribution in [-0.4, -0.2) is 26.1 Å². The Hall–Kier alpha value is -1.65. The van der Waals surface area contributed by atoms with E-state index < -0.39 is 0 Å². The average molecular weight is 191 g/mol. The Kier molecular flexibility index (Phi) is 2.30. The number of hydrogen-bond acceptors (Lipinski definition) is 4. The molecular weight excluding hydrogens is 178 g/mol. The fourth-order valence-electron chi connectivity index (χ4n) is 1.41. The lowest BCUT2D eigenvalue weighted by Gasteiger charge is -2.02. The molecule has 0 amide bonds. The standard InChI is InChI=1S/C9H13N5/c1-3-10-8-7-9(12-5-11-8)14(4-2)6-13-7/h5-6H,3-4H2,1-2H3,(H,10,11,12). The molecule has 14 heavy (non-hydrogen) atoms. The van der Waals surface area contributed by atoms with Gasteiger partial charge < -0.3 is 9.88 Å². The third-order valence-corrected chi connectivity index (χ3v) is 2.09. The number of aryl methyl sites for hydroxylation is 1. The molecule has 1 N–H and O–H groups in total. The second kappa shape index (κ2) is 3.61. The maximum Gasteiger partial charge on any atom is 0.165 e. The van der Waals surface area contributed by atoms with Crippen LogP contribution < -0.4 is 5.32 Å². The minimum Gasteiger partial charge on any atom is -0.368 e. The van der Waals surface area contributed by atoms with E-state index in [-0.39, 0.29) is 0 Å². The molecule has 0 saturated heterocycles. The fraction of sp³-hybridized carbons (Fsp3) is 0.444. The van der Waals surface area contributed by atoms with Gasteiger partial charge in [0.2, 0.25) is 0 Å². The largest absolute Gasteiger partial charge is 0.368 e. The smallest absolute Gasteiger partial charge is 0.165 e. The van der Waals surface area contributed by atoms with Crippen molar-refractivity contribution < 1.29 is 0 Å². The van der Waals surface area contributed by atoms with Gasteiger partial charge in [0.25, 0.3) is 0 Å². The van der Waals surface area contributed by atoms with Gasteiger partial charge in [-0.2, -0.15) is 0 Å². The molecule has 0 aliphatic rings. The summed E-state index contributed by atoms with van der Waals surface area (Å²) in [5.74, 6) is 0.810. The minimum atomic E-state index is 0.810. The lowest BCUT2D eigenvalue weighted by atomic mass is 10.5. The van der Waals surface area contributed by atoms with Crippen molar-refractivity contribution >= 4 is 17.0 Å². The Morgan fingerprint density at radius 1 is 1.29 bits per heavy atom. The molecule has 0 bridgehead atoms. The number of nitrogens with zero attached hydrogens (tertiary/aromatic N) is 4. The number of imidazole rings is 1. The van der Waals surface area contributed by atoms with Gasteiger partial charge >= 0.3 is 0 Å². The van der Waals surface area contributed by atoms with Gasteiger partial charge in [-0.3, -0.25) is 0 Å². The molecule has 2 rings (SSSR count). The van der Waals surface area contributed by atoms with Crippen LogP contribution >= 0.6 is 0 Å². The van der Waals surface area contributed by atoms with Crippen LogP contribution in [0.25, 0.3) is 11.2 Å². The summed E-state index contributed by atoms with van der Waals surface area (Å²) in [4.78, 5) is 12.6. The van der Waals surface area contributed by atoms with Gasteiger partial charge in [0.15, 0.2) is 11.5 Å².